The van der Waals surface area contributed by atoms with E-state index >= 15 is 0 Å². The van der Waals surface area contributed by atoms with Gasteiger partial charge in [0.15, 0.2) is 0 Å². The van der Waals surface area contributed by atoms with Crippen molar-refractivity contribution in [3.8, 4) is 0 Å². The minimum atomic E-state index is 1.05. The average Bonchev–Trinajstić information content (AvgIpc) is 2.62. The molecule has 1 nitrogen and oxygen atoms in total. The molecule has 1 heteroatoms. The molecular weight excluding hydrogens is 314 g/mol. The van der Waals surface area contributed by atoms with E-state index in [4.69, 9.17) is 0 Å². The topological polar surface area (TPSA) is 3.24 Å². The molecule has 0 amide bonds. The van der Waals surface area contributed by atoms with Crippen LogP contribution in [-0.2, 0) is 13.0 Å². The van der Waals surface area contributed by atoms with Gasteiger partial charge in [0.1, 0.15) is 0 Å². The van der Waals surface area contributed by atoms with Gasteiger partial charge < -0.3 is 4.90 Å². The summed E-state index contributed by atoms with van der Waals surface area (Å²) in [5.74, 6) is 0. The molecule has 0 heterocycles. The van der Waals surface area contributed by atoms with Crippen LogP contribution in [-0.4, -0.2) is 19.0 Å². The molecule has 0 saturated carbocycles. The minimum Gasteiger partial charge on any atom is -0.305 e. The first kappa shape index (κ1) is 23.2. The first-order chi connectivity index (χ1) is 12.7. The Bertz CT molecular complexity index is 424. The van der Waals surface area contributed by atoms with Gasteiger partial charge in [0.25, 0.3) is 0 Å². The van der Waals surface area contributed by atoms with E-state index in [1.165, 1.54) is 107 Å². The quantitative estimate of drug-likeness (QED) is 0.257. The van der Waals surface area contributed by atoms with E-state index in [1.807, 2.05) is 0 Å². The summed E-state index contributed by atoms with van der Waals surface area (Å²) in [6.45, 7) is 3.34. The van der Waals surface area contributed by atoms with Crippen LogP contribution in [0.5, 0.6) is 0 Å². The maximum atomic E-state index is 2.39. The Kier molecular flexibility index (Phi) is 14.6. The first-order valence-corrected chi connectivity index (χ1v) is 11.4. The standard InChI is InChI=1S/C25H45N/c1-4-5-6-7-8-9-10-11-12-13-14-15-16-17-19-24-20-18-21-25(22-24)23-26(2)3/h18,20-22H,4-17,19,23H2,1-3H3. The second-order valence-electron chi connectivity index (χ2n) is 8.40. The number of rotatable bonds is 17. The lowest BCUT2D eigenvalue weighted by Crippen LogP contribution is -2.10. The summed E-state index contributed by atoms with van der Waals surface area (Å²) < 4.78 is 0. The Morgan fingerprint density at radius 3 is 1.58 bits per heavy atom. The lowest BCUT2D eigenvalue weighted by molar-refractivity contribution is 0.402. The molecule has 1 aromatic carbocycles. The monoisotopic (exact) mass is 359 g/mol. The van der Waals surface area contributed by atoms with E-state index in [0.29, 0.717) is 0 Å². The van der Waals surface area contributed by atoms with Crippen molar-refractivity contribution >= 4 is 0 Å². The predicted molar refractivity (Wildman–Crippen MR) is 118 cm³/mol. The summed E-state index contributed by atoms with van der Waals surface area (Å²) in [6, 6.07) is 9.15. The molecule has 0 aliphatic carbocycles. The molecule has 0 saturated heterocycles. The van der Waals surface area contributed by atoms with E-state index in [1.54, 1.807) is 0 Å². The van der Waals surface area contributed by atoms with Crippen molar-refractivity contribution < 1.29 is 0 Å². The maximum absolute atomic E-state index is 2.39. The van der Waals surface area contributed by atoms with Crippen LogP contribution in [0.2, 0.25) is 0 Å². The fourth-order valence-electron chi connectivity index (χ4n) is 3.77. The van der Waals surface area contributed by atoms with Crippen molar-refractivity contribution in [2.24, 2.45) is 0 Å². The van der Waals surface area contributed by atoms with Crippen LogP contribution >= 0.6 is 0 Å². The summed E-state index contributed by atoms with van der Waals surface area (Å²) in [4.78, 5) is 2.24. The van der Waals surface area contributed by atoms with E-state index < -0.39 is 0 Å². The molecule has 0 atom stereocenters. The van der Waals surface area contributed by atoms with Crippen LogP contribution in [0.15, 0.2) is 24.3 Å². The molecule has 0 radical (unpaired) electrons. The predicted octanol–water partition coefficient (Wildman–Crippen LogP) is 7.77. The van der Waals surface area contributed by atoms with Crippen molar-refractivity contribution in [2.75, 3.05) is 14.1 Å². The van der Waals surface area contributed by atoms with Gasteiger partial charge in [-0.05, 0) is 38.1 Å². The molecule has 0 aromatic heterocycles. The highest BCUT2D eigenvalue weighted by Crippen LogP contribution is 2.15. The SMILES string of the molecule is CCCCCCCCCCCCCCCCc1cccc(CN(C)C)c1. The molecule has 0 aliphatic heterocycles. The lowest BCUT2D eigenvalue weighted by atomic mass is 10.0. The highest BCUT2D eigenvalue weighted by atomic mass is 15.0. The van der Waals surface area contributed by atoms with E-state index in [-0.39, 0.29) is 0 Å². The molecule has 1 rings (SSSR count). The largest absolute Gasteiger partial charge is 0.305 e. The third-order valence-electron chi connectivity index (χ3n) is 5.31. The molecule has 0 spiro atoms. The summed E-state index contributed by atoms with van der Waals surface area (Å²) in [7, 11) is 4.28. The van der Waals surface area contributed by atoms with Crippen molar-refractivity contribution in [3.63, 3.8) is 0 Å². The molecule has 0 aliphatic rings. The number of aryl methyl sites for hydroxylation is 1. The molecule has 0 N–H and O–H groups in total. The maximum Gasteiger partial charge on any atom is 0.0227 e. The van der Waals surface area contributed by atoms with Crippen molar-refractivity contribution in [1.29, 1.82) is 0 Å². The van der Waals surface area contributed by atoms with Crippen LogP contribution in [0.3, 0.4) is 0 Å². The Morgan fingerprint density at radius 1 is 0.615 bits per heavy atom. The fourth-order valence-corrected chi connectivity index (χ4v) is 3.77. The number of unbranched alkanes of at least 4 members (excludes halogenated alkanes) is 13. The van der Waals surface area contributed by atoms with Crippen LogP contribution in [0.25, 0.3) is 0 Å². The van der Waals surface area contributed by atoms with Crippen LogP contribution in [0.4, 0.5) is 0 Å². The first-order valence-electron chi connectivity index (χ1n) is 11.4. The fraction of sp³-hybridized carbons (Fsp3) is 0.760. The molecular formula is C25H45N. The Hall–Kier alpha value is -0.820. The highest BCUT2D eigenvalue weighted by Gasteiger charge is 1.99. The van der Waals surface area contributed by atoms with Gasteiger partial charge in [-0.15, -0.1) is 0 Å². The van der Waals surface area contributed by atoms with Gasteiger partial charge in [0.05, 0.1) is 0 Å². The van der Waals surface area contributed by atoms with Crippen LogP contribution in [0, 0.1) is 0 Å². The second kappa shape index (κ2) is 16.4. The highest BCUT2D eigenvalue weighted by molar-refractivity contribution is 5.23. The van der Waals surface area contributed by atoms with Gasteiger partial charge in [0, 0.05) is 6.54 Å². The van der Waals surface area contributed by atoms with Gasteiger partial charge in [-0.25, -0.2) is 0 Å². The Morgan fingerprint density at radius 2 is 1.08 bits per heavy atom. The zero-order valence-electron chi connectivity index (χ0n) is 18.1. The molecule has 150 valence electrons. The summed E-state index contributed by atoms with van der Waals surface area (Å²) >= 11 is 0. The van der Waals surface area contributed by atoms with Crippen LogP contribution < -0.4 is 0 Å². The smallest absolute Gasteiger partial charge is 0.0227 e. The molecule has 0 unspecified atom stereocenters. The Balaban J connectivity index is 1.89. The van der Waals surface area contributed by atoms with E-state index in [0.717, 1.165) is 6.54 Å². The number of hydrogen-bond acceptors (Lipinski definition) is 1. The summed E-state index contributed by atoms with van der Waals surface area (Å²) in [6.07, 6.45) is 21.4. The molecule has 0 fully saturated rings. The lowest BCUT2D eigenvalue weighted by Gasteiger charge is -2.11. The van der Waals surface area contributed by atoms with Crippen molar-refractivity contribution in [2.45, 2.75) is 110 Å². The van der Waals surface area contributed by atoms with Gasteiger partial charge in [-0.2, -0.15) is 0 Å². The average molecular weight is 360 g/mol. The molecule has 0 bridgehead atoms. The van der Waals surface area contributed by atoms with Gasteiger partial charge in [0.2, 0.25) is 0 Å². The zero-order valence-corrected chi connectivity index (χ0v) is 18.1. The van der Waals surface area contributed by atoms with Gasteiger partial charge in [-0.1, -0.05) is 115 Å². The van der Waals surface area contributed by atoms with Crippen molar-refractivity contribution in [1.82, 2.24) is 4.90 Å². The normalized spacial score (nSPS) is 11.4. The number of hydrogen-bond donors (Lipinski definition) is 0. The molecule has 1 aromatic rings. The zero-order chi connectivity index (χ0) is 18.9. The van der Waals surface area contributed by atoms with Crippen LogP contribution in [0.1, 0.15) is 108 Å². The number of nitrogens with zero attached hydrogens (tertiary/aromatic N) is 1. The van der Waals surface area contributed by atoms with Gasteiger partial charge in [-0.3, -0.25) is 0 Å². The minimum absolute atomic E-state index is 1.05. The Labute approximate surface area is 164 Å². The third-order valence-corrected chi connectivity index (χ3v) is 5.31. The van der Waals surface area contributed by atoms with Crippen molar-refractivity contribution in [3.05, 3.63) is 35.4 Å². The van der Waals surface area contributed by atoms with Gasteiger partial charge >= 0.3 is 0 Å². The molecule has 26 heavy (non-hydrogen) atoms. The van der Waals surface area contributed by atoms with E-state index in [2.05, 4.69) is 50.2 Å². The third kappa shape index (κ3) is 13.4. The summed E-state index contributed by atoms with van der Waals surface area (Å²) in [5, 5.41) is 0. The van der Waals surface area contributed by atoms with E-state index in [9.17, 15) is 0 Å². The second-order valence-corrected chi connectivity index (χ2v) is 8.40. The number of benzene rings is 1. The summed E-state index contributed by atoms with van der Waals surface area (Å²) in [5.41, 5.74) is 2.96.